The fourth-order valence-electron chi connectivity index (χ4n) is 4.97. The summed E-state index contributed by atoms with van der Waals surface area (Å²) in [5, 5.41) is 21.6. The molecule has 4 aromatic rings. The Morgan fingerprint density at radius 1 is 0.955 bits per heavy atom. The Morgan fingerprint density at radius 3 is 2.20 bits per heavy atom. The van der Waals surface area contributed by atoms with E-state index >= 15 is 8.78 Å². The van der Waals surface area contributed by atoms with Crippen molar-refractivity contribution in [1.82, 2.24) is 30.1 Å². The summed E-state index contributed by atoms with van der Waals surface area (Å²) in [5.74, 6) is -6.50. The number of ether oxygens (including phenoxy) is 1. The van der Waals surface area contributed by atoms with Crippen LogP contribution in [0, 0.1) is 11.6 Å². The van der Waals surface area contributed by atoms with E-state index in [1.807, 2.05) is 45.0 Å². The number of aliphatic hydroxyl groups is 1. The van der Waals surface area contributed by atoms with Crippen LogP contribution in [0.15, 0.2) is 67.1 Å². The van der Waals surface area contributed by atoms with Gasteiger partial charge in [-0.3, -0.25) is 4.98 Å². The summed E-state index contributed by atoms with van der Waals surface area (Å²) in [6.45, 7) is 6.79. The molecule has 3 heterocycles. The highest BCUT2D eigenvalue weighted by Crippen LogP contribution is 2.47. The van der Waals surface area contributed by atoms with E-state index in [4.69, 9.17) is 4.74 Å². The Morgan fingerprint density at radius 2 is 1.64 bits per heavy atom. The van der Waals surface area contributed by atoms with E-state index in [-0.39, 0.29) is 6.09 Å². The number of halogens is 4. The van der Waals surface area contributed by atoms with Crippen molar-refractivity contribution in [1.29, 1.82) is 0 Å². The molecule has 2 aromatic carbocycles. The van der Waals surface area contributed by atoms with Crippen LogP contribution in [0.25, 0.3) is 11.1 Å². The Kier molecular flexibility index (Phi) is 8.30. The summed E-state index contributed by atoms with van der Waals surface area (Å²) in [7, 11) is 0. The molecule has 0 spiro atoms. The highest BCUT2D eigenvalue weighted by molar-refractivity contribution is 5.69. The van der Waals surface area contributed by atoms with Crippen molar-refractivity contribution >= 4 is 11.8 Å². The van der Waals surface area contributed by atoms with Crippen molar-refractivity contribution < 1.29 is 32.2 Å². The molecule has 10 nitrogen and oxygen atoms in total. The zero-order chi connectivity index (χ0) is 31.7. The van der Waals surface area contributed by atoms with Crippen LogP contribution in [0.5, 0.6) is 0 Å². The van der Waals surface area contributed by atoms with Gasteiger partial charge in [0, 0.05) is 55.3 Å². The maximum atomic E-state index is 16.0. The lowest BCUT2D eigenvalue weighted by Gasteiger charge is -2.36. The van der Waals surface area contributed by atoms with Gasteiger partial charge in [0.15, 0.2) is 5.60 Å². The zero-order valence-electron chi connectivity index (χ0n) is 24.3. The summed E-state index contributed by atoms with van der Waals surface area (Å²) in [6.07, 6.45) is 1.88. The van der Waals surface area contributed by atoms with Gasteiger partial charge < -0.3 is 19.6 Å². The number of carbonyl (C=O) groups is 1. The Balaban J connectivity index is 1.32. The molecule has 1 fully saturated rings. The predicted octanol–water partition coefficient (Wildman–Crippen LogP) is 4.75. The maximum absolute atomic E-state index is 16.0. The Labute approximate surface area is 250 Å². The SMILES string of the molecule is CC(C)(C)OC(=O)N1CCN(c2ccc(-c3ccc(C(F)(F)C(O)(Cn4cnnn4)c4ccc(F)cc4F)nc3)cc2)CC1. The molecule has 232 valence electrons. The van der Waals surface area contributed by atoms with E-state index in [9.17, 15) is 18.7 Å². The number of alkyl halides is 2. The summed E-state index contributed by atoms with van der Waals surface area (Å²) in [6, 6.07) is 11.9. The lowest BCUT2D eigenvalue weighted by molar-refractivity contribution is -0.207. The summed E-state index contributed by atoms with van der Waals surface area (Å²) < 4.78 is 66.6. The lowest BCUT2D eigenvalue weighted by Crippen LogP contribution is -2.50. The number of benzene rings is 2. The molecule has 1 saturated heterocycles. The van der Waals surface area contributed by atoms with Gasteiger partial charge in [-0.1, -0.05) is 18.2 Å². The van der Waals surface area contributed by atoms with Crippen molar-refractivity contribution in [3.05, 3.63) is 90.0 Å². The number of tetrazole rings is 1. The molecule has 0 bridgehead atoms. The molecule has 5 rings (SSSR count). The molecule has 1 aliphatic heterocycles. The zero-order valence-corrected chi connectivity index (χ0v) is 24.3. The van der Waals surface area contributed by atoms with Gasteiger partial charge in [-0.15, -0.1) is 5.10 Å². The predicted molar refractivity (Wildman–Crippen MR) is 152 cm³/mol. The highest BCUT2D eigenvalue weighted by Gasteiger charge is 2.58. The third-order valence-corrected chi connectivity index (χ3v) is 7.26. The van der Waals surface area contributed by atoms with E-state index in [0.717, 1.165) is 34.9 Å². The second kappa shape index (κ2) is 11.8. The molecule has 1 amide bonds. The average molecular weight is 614 g/mol. The van der Waals surface area contributed by atoms with Crippen LogP contribution in [0.3, 0.4) is 0 Å². The van der Waals surface area contributed by atoms with Gasteiger partial charge in [0.2, 0.25) is 0 Å². The number of pyridine rings is 1. The number of hydrogen-bond acceptors (Lipinski definition) is 8. The number of piperazine rings is 1. The second-order valence-electron chi connectivity index (χ2n) is 11.5. The monoisotopic (exact) mass is 613 g/mol. The molecular weight excluding hydrogens is 582 g/mol. The van der Waals surface area contributed by atoms with Crippen molar-refractivity contribution in [3.63, 3.8) is 0 Å². The van der Waals surface area contributed by atoms with Gasteiger partial charge in [-0.2, -0.15) is 8.78 Å². The minimum Gasteiger partial charge on any atom is -0.444 e. The number of anilines is 1. The van der Waals surface area contributed by atoms with E-state index in [2.05, 4.69) is 25.4 Å². The van der Waals surface area contributed by atoms with Gasteiger partial charge in [-0.25, -0.2) is 18.3 Å². The summed E-state index contributed by atoms with van der Waals surface area (Å²) in [5.41, 5.74) is -3.29. The smallest absolute Gasteiger partial charge is 0.410 e. The van der Waals surface area contributed by atoms with Crippen LogP contribution in [-0.4, -0.2) is 73.1 Å². The molecule has 2 aromatic heterocycles. The first-order chi connectivity index (χ1) is 20.8. The first-order valence-corrected chi connectivity index (χ1v) is 13.8. The fourth-order valence-corrected chi connectivity index (χ4v) is 4.97. The third kappa shape index (κ3) is 6.34. The Hall–Kier alpha value is -4.59. The molecule has 44 heavy (non-hydrogen) atoms. The molecule has 14 heteroatoms. The van der Waals surface area contributed by atoms with Gasteiger partial charge in [0.1, 0.15) is 29.3 Å². The number of aromatic nitrogens is 5. The first kappa shape index (κ1) is 30.9. The average Bonchev–Trinajstić information content (AvgIpc) is 3.49. The second-order valence-corrected chi connectivity index (χ2v) is 11.5. The van der Waals surface area contributed by atoms with Crippen LogP contribution < -0.4 is 4.90 Å². The van der Waals surface area contributed by atoms with Gasteiger partial charge in [-0.05, 0) is 67.1 Å². The molecule has 0 aliphatic carbocycles. The van der Waals surface area contributed by atoms with Crippen molar-refractivity contribution in [2.75, 3.05) is 31.1 Å². The van der Waals surface area contributed by atoms with Crippen molar-refractivity contribution in [2.24, 2.45) is 0 Å². The topological polar surface area (TPSA) is 110 Å². The molecular formula is C30H31F4N7O3. The fraction of sp³-hybridized carbons (Fsp3) is 0.367. The number of nitrogens with zero attached hydrogens (tertiary/aromatic N) is 7. The van der Waals surface area contributed by atoms with Gasteiger partial charge in [0.25, 0.3) is 0 Å². The minimum absolute atomic E-state index is 0.342. The van der Waals surface area contributed by atoms with Crippen LogP contribution in [0.4, 0.5) is 28.0 Å². The van der Waals surface area contributed by atoms with Gasteiger partial charge >= 0.3 is 12.0 Å². The number of rotatable bonds is 7. The molecule has 1 N–H and O–H groups in total. The van der Waals surface area contributed by atoms with Gasteiger partial charge in [0.05, 0.1) is 6.54 Å². The van der Waals surface area contributed by atoms with E-state index in [1.54, 1.807) is 4.90 Å². The molecule has 1 unspecified atom stereocenters. The van der Waals surface area contributed by atoms with Crippen LogP contribution >= 0.6 is 0 Å². The third-order valence-electron chi connectivity index (χ3n) is 7.26. The van der Waals surface area contributed by atoms with Crippen LogP contribution in [0.2, 0.25) is 0 Å². The highest BCUT2D eigenvalue weighted by atomic mass is 19.3. The Bertz CT molecular complexity index is 1590. The maximum Gasteiger partial charge on any atom is 0.410 e. The summed E-state index contributed by atoms with van der Waals surface area (Å²) >= 11 is 0. The number of carbonyl (C=O) groups excluding carboxylic acids is 1. The number of amides is 1. The molecule has 1 aliphatic rings. The van der Waals surface area contributed by atoms with Crippen LogP contribution in [0.1, 0.15) is 32.0 Å². The summed E-state index contributed by atoms with van der Waals surface area (Å²) in [4.78, 5) is 20.1. The largest absolute Gasteiger partial charge is 0.444 e. The van der Waals surface area contributed by atoms with E-state index in [1.165, 1.54) is 12.3 Å². The van der Waals surface area contributed by atoms with E-state index < -0.39 is 46.6 Å². The number of hydrogen-bond donors (Lipinski definition) is 1. The van der Waals surface area contributed by atoms with Crippen LogP contribution in [-0.2, 0) is 22.8 Å². The van der Waals surface area contributed by atoms with Crippen molar-refractivity contribution in [2.45, 2.75) is 44.4 Å². The van der Waals surface area contributed by atoms with E-state index in [0.29, 0.717) is 43.4 Å². The molecule has 0 radical (unpaired) electrons. The normalized spacial score (nSPS) is 15.6. The molecule has 0 saturated carbocycles. The quantitative estimate of drug-likeness (QED) is 0.298. The first-order valence-electron chi connectivity index (χ1n) is 13.8. The standard InChI is InChI=1S/C30H31F4N7O3/c1-28(2,3)44-27(42)40-14-12-39(13-15-40)23-8-4-20(5-9-23)21-6-11-26(35-17-21)30(33,34)29(43,18-41-19-36-37-38-41)24-10-7-22(31)16-25(24)32/h4-11,16-17,19,43H,12-15,18H2,1-3H3. The van der Waals surface area contributed by atoms with Crippen molar-refractivity contribution in [3.8, 4) is 11.1 Å². The molecule has 1 atom stereocenters. The minimum atomic E-state index is -4.15. The lowest BCUT2D eigenvalue weighted by atomic mass is 9.84.